The van der Waals surface area contributed by atoms with E-state index in [1.54, 1.807) is 0 Å². The predicted octanol–water partition coefficient (Wildman–Crippen LogP) is 3.04. The SMILES string of the molecule is CC(CCl)C(C)NC(=O)c1cc(O)ccc1Cl. The lowest BCUT2D eigenvalue weighted by Gasteiger charge is -2.19. The van der Waals surface area contributed by atoms with Crippen LogP contribution in [0.3, 0.4) is 0 Å². The average Bonchev–Trinajstić information content (AvgIpc) is 2.30. The first-order chi connectivity index (χ1) is 7.95. The summed E-state index contributed by atoms with van der Waals surface area (Å²) in [4.78, 5) is 11.9. The highest BCUT2D eigenvalue weighted by molar-refractivity contribution is 6.33. The van der Waals surface area contributed by atoms with Crippen molar-refractivity contribution in [2.24, 2.45) is 5.92 Å². The molecule has 3 nitrogen and oxygen atoms in total. The molecule has 2 unspecified atom stereocenters. The van der Waals surface area contributed by atoms with Crippen LogP contribution >= 0.6 is 23.2 Å². The molecule has 0 heterocycles. The summed E-state index contributed by atoms with van der Waals surface area (Å²) < 4.78 is 0. The first-order valence-electron chi connectivity index (χ1n) is 5.31. The zero-order valence-electron chi connectivity index (χ0n) is 9.71. The molecule has 1 aromatic rings. The Morgan fingerprint density at radius 1 is 1.47 bits per heavy atom. The van der Waals surface area contributed by atoms with Gasteiger partial charge in [-0.15, -0.1) is 11.6 Å². The Balaban J connectivity index is 2.79. The lowest BCUT2D eigenvalue weighted by atomic mass is 10.1. The molecule has 0 saturated carbocycles. The molecule has 0 aliphatic heterocycles. The minimum atomic E-state index is -0.310. The van der Waals surface area contributed by atoms with Crippen molar-refractivity contribution in [1.82, 2.24) is 5.32 Å². The Bertz CT molecular complexity index is 409. The molecule has 0 aliphatic rings. The van der Waals surface area contributed by atoms with Crippen molar-refractivity contribution in [3.63, 3.8) is 0 Å². The van der Waals surface area contributed by atoms with Gasteiger partial charge in [-0.1, -0.05) is 18.5 Å². The number of nitrogens with one attached hydrogen (secondary N) is 1. The van der Waals surface area contributed by atoms with Gasteiger partial charge in [0.15, 0.2) is 0 Å². The molecule has 0 radical (unpaired) electrons. The fourth-order valence-electron chi connectivity index (χ4n) is 1.25. The Morgan fingerprint density at radius 2 is 2.12 bits per heavy atom. The Morgan fingerprint density at radius 3 is 2.71 bits per heavy atom. The van der Waals surface area contributed by atoms with E-state index in [2.05, 4.69) is 5.32 Å². The summed E-state index contributed by atoms with van der Waals surface area (Å²) in [5.74, 6) is 0.333. The molecule has 94 valence electrons. The molecule has 2 atom stereocenters. The number of aromatic hydroxyl groups is 1. The van der Waals surface area contributed by atoms with Crippen LogP contribution in [0, 0.1) is 5.92 Å². The lowest BCUT2D eigenvalue weighted by molar-refractivity contribution is 0.0930. The van der Waals surface area contributed by atoms with Crippen LogP contribution in [-0.2, 0) is 0 Å². The fraction of sp³-hybridized carbons (Fsp3) is 0.417. The van der Waals surface area contributed by atoms with Crippen molar-refractivity contribution in [3.05, 3.63) is 28.8 Å². The Hall–Kier alpha value is -0.930. The third-order valence-corrected chi connectivity index (χ3v) is 3.47. The molecule has 5 heteroatoms. The molecule has 1 amide bonds. The maximum Gasteiger partial charge on any atom is 0.253 e. The minimum Gasteiger partial charge on any atom is -0.508 e. The summed E-state index contributed by atoms with van der Waals surface area (Å²) in [5.41, 5.74) is 0.264. The lowest BCUT2D eigenvalue weighted by Crippen LogP contribution is -2.37. The van der Waals surface area contributed by atoms with Gasteiger partial charge in [-0.05, 0) is 31.0 Å². The number of rotatable bonds is 4. The number of phenolic OH excluding ortho intramolecular Hbond substituents is 1. The van der Waals surface area contributed by atoms with Gasteiger partial charge in [-0.2, -0.15) is 0 Å². The van der Waals surface area contributed by atoms with Gasteiger partial charge in [-0.25, -0.2) is 0 Å². The number of carbonyl (C=O) groups is 1. The predicted molar refractivity (Wildman–Crippen MR) is 69.9 cm³/mol. The van der Waals surface area contributed by atoms with Crippen LogP contribution in [0.5, 0.6) is 5.75 Å². The van der Waals surface area contributed by atoms with Crippen LogP contribution in [-0.4, -0.2) is 22.9 Å². The van der Waals surface area contributed by atoms with Crippen molar-refractivity contribution in [2.45, 2.75) is 19.9 Å². The molecule has 1 rings (SSSR count). The maximum absolute atomic E-state index is 11.9. The highest BCUT2D eigenvalue weighted by Crippen LogP contribution is 2.21. The summed E-state index contributed by atoms with van der Waals surface area (Å²) in [5, 5.41) is 12.4. The maximum atomic E-state index is 11.9. The molecular formula is C12H15Cl2NO2. The summed E-state index contributed by atoms with van der Waals surface area (Å²) in [6.07, 6.45) is 0. The molecule has 1 aromatic carbocycles. The van der Waals surface area contributed by atoms with Crippen molar-refractivity contribution in [3.8, 4) is 5.75 Å². The standard InChI is InChI=1S/C12H15Cl2NO2/c1-7(6-13)8(2)15-12(17)10-5-9(16)3-4-11(10)14/h3-5,7-8,16H,6H2,1-2H3,(H,15,17). The fourth-order valence-corrected chi connectivity index (χ4v) is 1.72. The second kappa shape index (κ2) is 6.12. The molecule has 17 heavy (non-hydrogen) atoms. The van der Waals surface area contributed by atoms with Gasteiger partial charge >= 0.3 is 0 Å². The van der Waals surface area contributed by atoms with Crippen LogP contribution in [0.1, 0.15) is 24.2 Å². The van der Waals surface area contributed by atoms with Gasteiger partial charge in [0.2, 0.25) is 0 Å². The van der Waals surface area contributed by atoms with E-state index in [1.807, 2.05) is 13.8 Å². The van der Waals surface area contributed by atoms with Crippen molar-refractivity contribution in [1.29, 1.82) is 0 Å². The molecule has 0 aliphatic carbocycles. The summed E-state index contributed by atoms with van der Waals surface area (Å²) in [6, 6.07) is 4.21. The topological polar surface area (TPSA) is 49.3 Å². The smallest absolute Gasteiger partial charge is 0.253 e. The summed E-state index contributed by atoms with van der Waals surface area (Å²) >= 11 is 11.6. The zero-order valence-corrected chi connectivity index (χ0v) is 11.2. The average molecular weight is 276 g/mol. The van der Waals surface area contributed by atoms with Gasteiger partial charge < -0.3 is 10.4 Å². The Labute approximate surface area is 111 Å². The third kappa shape index (κ3) is 3.79. The molecule has 0 spiro atoms. The van der Waals surface area contributed by atoms with Crippen LogP contribution < -0.4 is 5.32 Å². The Kier molecular flexibility index (Phi) is 5.09. The number of carbonyl (C=O) groups excluding carboxylic acids is 1. The molecule has 2 N–H and O–H groups in total. The van der Waals surface area contributed by atoms with E-state index in [0.29, 0.717) is 10.9 Å². The van der Waals surface area contributed by atoms with Gasteiger partial charge in [0, 0.05) is 11.9 Å². The molecule has 0 saturated heterocycles. The van der Waals surface area contributed by atoms with Crippen molar-refractivity contribution in [2.75, 3.05) is 5.88 Å². The largest absolute Gasteiger partial charge is 0.508 e. The third-order valence-electron chi connectivity index (χ3n) is 2.65. The number of hydrogen-bond donors (Lipinski definition) is 2. The molecular weight excluding hydrogens is 261 g/mol. The monoisotopic (exact) mass is 275 g/mol. The van der Waals surface area contributed by atoms with Gasteiger partial charge in [0.05, 0.1) is 10.6 Å². The highest BCUT2D eigenvalue weighted by atomic mass is 35.5. The second-order valence-corrected chi connectivity index (χ2v) is 4.77. The summed E-state index contributed by atoms with van der Waals surface area (Å²) in [6.45, 7) is 3.82. The van der Waals surface area contributed by atoms with Crippen molar-refractivity contribution < 1.29 is 9.90 Å². The molecule has 0 fully saturated rings. The number of phenols is 1. The number of hydrogen-bond acceptors (Lipinski definition) is 2. The summed E-state index contributed by atoms with van der Waals surface area (Å²) in [7, 11) is 0. The van der Waals surface area contributed by atoms with Gasteiger partial charge in [0.25, 0.3) is 5.91 Å². The second-order valence-electron chi connectivity index (χ2n) is 4.06. The first-order valence-corrected chi connectivity index (χ1v) is 6.22. The van der Waals surface area contributed by atoms with E-state index in [0.717, 1.165) is 0 Å². The number of halogens is 2. The highest BCUT2D eigenvalue weighted by Gasteiger charge is 2.17. The van der Waals surface area contributed by atoms with Crippen molar-refractivity contribution >= 4 is 29.1 Å². The first kappa shape index (κ1) is 14.1. The number of alkyl halides is 1. The molecule has 0 aromatic heterocycles. The van der Waals surface area contributed by atoms with E-state index in [1.165, 1.54) is 18.2 Å². The number of benzene rings is 1. The minimum absolute atomic E-state index is 0.0117. The molecule has 0 bridgehead atoms. The van der Waals surface area contributed by atoms with Crippen LogP contribution in [0.25, 0.3) is 0 Å². The van der Waals surface area contributed by atoms with Gasteiger partial charge in [0.1, 0.15) is 5.75 Å². The van der Waals surface area contributed by atoms with E-state index < -0.39 is 0 Å². The van der Waals surface area contributed by atoms with E-state index in [9.17, 15) is 9.90 Å². The normalized spacial score (nSPS) is 14.1. The van der Waals surface area contributed by atoms with E-state index in [-0.39, 0.29) is 29.2 Å². The van der Waals surface area contributed by atoms with Gasteiger partial charge in [-0.3, -0.25) is 4.79 Å². The van der Waals surface area contributed by atoms with Crippen LogP contribution in [0.2, 0.25) is 5.02 Å². The van der Waals surface area contributed by atoms with Crippen LogP contribution in [0.4, 0.5) is 0 Å². The number of amides is 1. The van der Waals surface area contributed by atoms with Crippen LogP contribution in [0.15, 0.2) is 18.2 Å². The zero-order chi connectivity index (χ0) is 13.0. The van der Waals surface area contributed by atoms with E-state index in [4.69, 9.17) is 23.2 Å². The van der Waals surface area contributed by atoms with E-state index >= 15 is 0 Å². The quantitative estimate of drug-likeness (QED) is 0.830.